The summed E-state index contributed by atoms with van der Waals surface area (Å²) in [6, 6.07) is 0.802. The Morgan fingerprint density at radius 3 is 2.71 bits per heavy atom. The Morgan fingerprint density at radius 1 is 1.50 bits per heavy atom. The molecule has 0 aromatic rings. The number of amidine groups is 1. The highest BCUT2D eigenvalue weighted by atomic mass is 32.2. The Kier molecular flexibility index (Phi) is 5.33. The Labute approximate surface area is 90.9 Å². The summed E-state index contributed by atoms with van der Waals surface area (Å²) in [6.45, 7) is 2.16. The molecule has 0 aromatic carbocycles. The molecule has 1 saturated carbocycles. The summed E-state index contributed by atoms with van der Waals surface area (Å²) in [4.78, 5) is 2.50. The van der Waals surface area contributed by atoms with Gasteiger partial charge < -0.3 is 5.73 Å². The average Bonchev–Trinajstić information content (AvgIpc) is 2.94. The van der Waals surface area contributed by atoms with Gasteiger partial charge in [-0.05, 0) is 37.8 Å². The van der Waals surface area contributed by atoms with Gasteiger partial charge in [-0.1, -0.05) is 0 Å². The third-order valence-corrected chi connectivity index (χ3v) is 3.22. The molecule has 1 aliphatic rings. The van der Waals surface area contributed by atoms with Crippen LogP contribution in [0.4, 0.5) is 0 Å². The van der Waals surface area contributed by atoms with E-state index in [1.807, 2.05) is 11.8 Å². The average molecular weight is 215 g/mol. The summed E-state index contributed by atoms with van der Waals surface area (Å²) >= 11 is 1.91. The van der Waals surface area contributed by atoms with Crippen molar-refractivity contribution in [2.45, 2.75) is 31.7 Å². The first-order chi connectivity index (χ1) is 6.74. The maximum Gasteiger partial charge on any atom is 0.0918 e. The third kappa shape index (κ3) is 4.86. The number of thioether (sulfide) groups is 1. The van der Waals surface area contributed by atoms with Gasteiger partial charge in [-0.15, -0.1) is 0 Å². The minimum Gasteiger partial charge on any atom is -0.388 e. The van der Waals surface area contributed by atoms with Gasteiger partial charge in [0.25, 0.3) is 0 Å². The second-order valence-corrected chi connectivity index (χ2v) is 4.87. The van der Waals surface area contributed by atoms with Gasteiger partial charge in [0.15, 0.2) is 0 Å². The van der Waals surface area contributed by atoms with Crippen LogP contribution in [0.2, 0.25) is 0 Å². The van der Waals surface area contributed by atoms with Gasteiger partial charge in [0.05, 0.1) is 5.84 Å². The molecule has 0 unspecified atom stereocenters. The number of rotatable bonds is 8. The summed E-state index contributed by atoms with van der Waals surface area (Å²) < 4.78 is 0. The van der Waals surface area contributed by atoms with Crippen LogP contribution in [-0.4, -0.2) is 41.9 Å². The highest BCUT2D eigenvalue weighted by Crippen LogP contribution is 2.27. The minimum absolute atomic E-state index is 0.320. The predicted octanol–water partition coefficient (Wildman–Crippen LogP) is 1.53. The van der Waals surface area contributed by atoms with Crippen LogP contribution in [0, 0.1) is 5.41 Å². The van der Waals surface area contributed by atoms with Gasteiger partial charge in [0, 0.05) is 19.0 Å². The monoisotopic (exact) mass is 215 g/mol. The largest absolute Gasteiger partial charge is 0.388 e. The van der Waals surface area contributed by atoms with Crippen molar-refractivity contribution in [3.05, 3.63) is 0 Å². The topological polar surface area (TPSA) is 53.1 Å². The lowest BCUT2D eigenvalue weighted by molar-refractivity contribution is 0.272. The molecule has 0 saturated heterocycles. The molecule has 0 aliphatic heterocycles. The number of hydrogen-bond acceptors (Lipinski definition) is 3. The highest BCUT2D eigenvalue weighted by Gasteiger charge is 2.27. The van der Waals surface area contributed by atoms with E-state index in [4.69, 9.17) is 11.1 Å². The van der Waals surface area contributed by atoms with E-state index in [1.165, 1.54) is 31.6 Å². The molecule has 0 heterocycles. The Bertz CT molecular complexity index is 180. The van der Waals surface area contributed by atoms with E-state index < -0.39 is 0 Å². The smallest absolute Gasteiger partial charge is 0.0918 e. The molecule has 1 fully saturated rings. The van der Waals surface area contributed by atoms with E-state index in [0.717, 1.165) is 19.0 Å². The van der Waals surface area contributed by atoms with E-state index in [2.05, 4.69) is 11.2 Å². The standard InChI is InChI=1S/C10H21N3S/c1-14-8-2-6-13(9-3-4-9)7-5-10(11)12/h9H,2-8H2,1H3,(H3,11,12). The molecule has 0 radical (unpaired) electrons. The number of nitrogens with one attached hydrogen (secondary N) is 1. The Morgan fingerprint density at radius 2 is 2.21 bits per heavy atom. The lowest BCUT2D eigenvalue weighted by Gasteiger charge is -2.21. The fraction of sp³-hybridized carbons (Fsp3) is 0.900. The van der Waals surface area contributed by atoms with Crippen LogP contribution >= 0.6 is 11.8 Å². The molecule has 82 valence electrons. The van der Waals surface area contributed by atoms with Gasteiger partial charge in [-0.25, -0.2) is 0 Å². The Hall–Kier alpha value is -0.220. The normalized spacial score (nSPS) is 16.1. The molecule has 0 aromatic heterocycles. The minimum atomic E-state index is 0.320. The maximum absolute atomic E-state index is 7.21. The summed E-state index contributed by atoms with van der Waals surface area (Å²) in [5, 5.41) is 7.21. The summed E-state index contributed by atoms with van der Waals surface area (Å²) in [5.41, 5.74) is 5.37. The number of nitrogens with zero attached hydrogens (tertiary/aromatic N) is 1. The zero-order valence-electron chi connectivity index (χ0n) is 8.96. The van der Waals surface area contributed by atoms with Crippen molar-refractivity contribution in [3.8, 4) is 0 Å². The van der Waals surface area contributed by atoms with Crippen LogP contribution in [0.3, 0.4) is 0 Å². The molecule has 3 N–H and O–H groups in total. The van der Waals surface area contributed by atoms with Crippen LogP contribution in [0.5, 0.6) is 0 Å². The summed E-state index contributed by atoms with van der Waals surface area (Å²) in [7, 11) is 0. The van der Waals surface area contributed by atoms with Crippen LogP contribution < -0.4 is 5.73 Å². The van der Waals surface area contributed by atoms with Gasteiger partial charge in [0.2, 0.25) is 0 Å². The lowest BCUT2D eigenvalue weighted by atomic mass is 10.3. The van der Waals surface area contributed by atoms with Crippen molar-refractivity contribution in [3.63, 3.8) is 0 Å². The number of hydrogen-bond donors (Lipinski definition) is 2. The number of nitrogens with two attached hydrogens (primary N) is 1. The van der Waals surface area contributed by atoms with E-state index >= 15 is 0 Å². The first-order valence-corrected chi connectivity index (χ1v) is 6.69. The predicted molar refractivity (Wildman–Crippen MR) is 64.1 cm³/mol. The molecule has 3 nitrogen and oxygen atoms in total. The molecule has 4 heteroatoms. The van der Waals surface area contributed by atoms with Crippen molar-refractivity contribution in [2.75, 3.05) is 25.1 Å². The fourth-order valence-electron chi connectivity index (χ4n) is 1.59. The van der Waals surface area contributed by atoms with Crippen LogP contribution in [0.25, 0.3) is 0 Å². The zero-order chi connectivity index (χ0) is 10.4. The second kappa shape index (κ2) is 6.30. The van der Waals surface area contributed by atoms with E-state index in [9.17, 15) is 0 Å². The van der Waals surface area contributed by atoms with Gasteiger partial charge in [-0.2, -0.15) is 11.8 Å². The molecule has 14 heavy (non-hydrogen) atoms. The molecular formula is C10H21N3S. The second-order valence-electron chi connectivity index (χ2n) is 3.89. The molecule has 0 bridgehead atoms. The van der Waals surface area contributed by atoms with E-state index in [0.29, 0.717) is 5.84 Å². The van der Waals surface area contributed by atoms with Gasteiger partial charge >= 0.3 is 0 Å². The third-order valence-electron chi connectivity index (χ3n) is 2.53. The molecule has 0 spiro atoms. The van der Waals surface area contributed by atoms with Crippen LogP contribution in [0.15, 0.2) is 0 Å². The molecular weight excluding hydrogens is 194 g/mol. The maximum atomic E-state index is 7.21. The SMILES string of the molecule is CSCCCN(CCC(=N)N)C1CC1. The van der Waals surface area contributed by atoms with Crippen LogP contribution in [-0.2, 0) is 0 Å². The van der Waals surface area contributed by atoms with Crippen molar-refractivity contribution in [1.29, 1.82) is 5.41 Å². The molecule has 1 rings (SSSR count). The molecule has 1 aliphatic carbocycles. The van der Waals surface area contributed by atoms with Crippen molar-refractivity contribution in [1.82, 2.24) is 4.90 Å². The molecule has 0 amide bonds. The summed E-state index contributed by atoms with van der Waals surface area (Å²) in [5.74, 6) is 1.56. The van der Waals surface area contributed by atoms with Crippen molar-refractivity contribution >= 4 is 17.6 Å². The highest BCUT2D eigenvalue weighted by molar-refractivity contribution is 7.98. The van der Waals surface area contributed by atoms with E-state index in [1.54, 1.807) is 0 Å². The lowest BCUT2D eigenvalue weighted by Crippen LogP contribution is -2.31. The Balaban J connectivity index is 2.14. The zero-order valence-corrected chi connectivity index (χ0v) is 9.78. The van der Waals surface area contributed by atoms with Crippen molar-refractivity contribution < 1.29 is 0 Å². The van der Waals surface area contributed by atoms with Crippen LogP contribution in [0.1, 0.15) is 25.7 Å². The van der Waals surface area contributed by atoms with E-state index in [-0.39, 0.29) is 0 Å². The van der Waals surface area contributed by atoms with Crippen molar-refractivity contribution in [2.24, 2.45) is 5.73 Å². The summed E-state index contributed by atoms with van der Waals surface area (Å²) in [6.07, 6.45) is 6.83. The molecule has 0 atom stereocenters. The van der Waals surface area contributed by atoms with Gasteiger partial charge in [0.1, 0.15) is 0 Å². The first-order valence-electron chi connectivity index (χ1n) is 5.30. The van der Waals surface area contributed by atoms with Gasteiger partial charge in [-0.3, -0.25) is 10.3 Å². The quantitative estimate of drug-likeness (QED) is 0.367. The first kappa shape index (κ1) is 11.9. The fourth-order valence-corrected chi connectivity index (χ4v) is 2.01.